The van der Waals surface area contributed by atoms with Gasteiger partial charge in [-0.1, -0.05) is 33.1 Å². The van der Waals surface area contributed by atoms with Crippen LogP contribution in [0.1, 0.15) is 59.3 Å². The van der Waals surface area contributed by atoms with E-state index in [0.29, 0.717) is 12.3 Å². The lowest BCUT2D eigenvalue weighted by molar-refractivity contribution is 0.0436. The number of rotatable bonds is 6. The Balaban J connectivity index is 2.50. The van der Waals surface area contributed by atoms with Crippen molar-refractivity contribution in [3.63, 3.8) is 0 Å². The molecule has 1 aliphatic rings. The van der Waals surface area contributed by atoms with E-state index in [1.165, 1.54) is 0 Å². The van der Waals surface area contributed by atoms with Gasteiger partial charge in [0.1, 0.15) is 0 Å². The van der Waals surface area contributed by atoms with Crippen LogP contribution in [0.3, 0.4) is 0 Å². The minimum atomic E-state index is -3.26. The summed E-state index contributed by atoms with van der Waals surface area (Å²) in [7, 11) is -3.26. The quantitative estimate of drug-likeness (QED) is 0.780. The first-order chi connectivity index (χ1) is 8.23. The third kappa shape index (κ3) is 5.24. The van der Waals surface area contributed by atoms with Gasteiger partial charge in [-0.25, -0.2) is 13.1 Å². The third-order valence-corrected chi connectivity index (χ3v) is 5.39. The first-order valence-corrected chi connectivity index (χ1v) is 8.48. The van der Waals surface area contributed by atoms with Crippen molar-refractivity contribution in [3.05, 3.63) is 0 Å². The molecule has 1 saturated carbocycles. The molecular formula is C13H27NO3S. The second-order valence-corrected chi connectivity index (χ2v) is 8.27. The number of nitrogens with one attached hydrogen (secondary N) is 1. The predicted octanol–water partition coefficient (Wildman–Crippen LogP) is 2.04. The summed E-state index contributed by atoms with van der Waals surface area (Å²) in [4.78, 5) is 0. The molecule has 0 aromatic rings. The summed E-state index contributed by atoms with van der Waals surface area (Å²) in [6.45, 7) is 5.84. The van der Waals surface area contributed by atoms with Gasteiger partial charge >= 0.3 is 0 Å². The fraction of sp³-hybridized carbons (Fsp3) is 1.00. The molecule has 0 bridgehead atoms. The van der Waals surface area contributed by atoms with E-state index in [4.69, 9.17) is 0 Å². The van der Waals surface area contributed by atoms with Crippen molar-refractivity contribution < 1.29 is 13.5 Å². The van der Waals surface area contributed by atoms with Gasteiger partial charge in [0.15, 0.2) is 0 Å². The van der Waals surface area contributed by atoms with Crippen LogP contribution in [0, 0.1) is 5.92 Å². The summed E-state index contributed by atoms with van der Waals surface area (Å²) in [5.74, 6) is 0.346. The van der Waals surface area contributed by atoms with Crippen molar-refractivity contribution >= 4 is 10.0 Å². The number of hydrogen-bond acceptors (Lipinski definition) is 3. The monoisotopic (exact) mass is 277 g/mol. The van der Waals surface area contributed by atoms with Crippen LogP contribution in [-0.2, 0) is 10.0 Å². The fourth-order valence-corrected chi connectivity index (χ4v) is 4.40. The van der Waals surface area contributed by atoms with Crippen molar-refractivity contribution in [2.75, 3.05) is 6.54 Å². The molecule has 1 rings (SSSR count). The molecule has 0 aromatic heterocycles. The van der Waals surface area contributed by atoms with Crippen LogP contribution in [-0.4, -0.2) is 30.9 Å². The molecule has 0 heterocycles. The topological polar surface area (TPSA) is 66.4 Å². The highest BCUT2D eigenvalue weighted by atomic mass is 32.2. The van der Waals surface area contributed by atoms with Crippen LogP contribution in [0.5, 0.6) is 0 Å². The molecule has 0 radical (unpaired) electrons. The highest BCUT2D eigenvalue weighted by Crippen LogP contribution is 2.23. The van der Waals surface area contributed by atoms with E-state index < -0.39 is 15.6 Å². The molecule has 1 atom stereocenters. The van der Waals surface area contributed by atoms with Gasteiger partial charge in [-0.3, -0.25) is 0 Å². The van der Waals surface area contributed by atoms with Gasteiger partial charge in [-0.05, 0) is 32.1 Å². The van der Waals surface area contributed by atoms with Crippen LogP contribution >= 0.6 is 0 Å². The fourth-order valence-electron chi connectivity index (χ4n) is 2.70. The van der Waals surface area contributed by atoms with E-state index in [0.717, 1.165) is 32.1 Å². The zero-order valence-corrected chi connectivity index (χ0v) is 12.6. The van der Waals surface area contributed by atoms with E-state index in [-0.39, 0.29) is 11.8 Å². The third-order valence-electron chi connectivity index (χ3n) is 3.49. The second-order valence-electron chi connectivity index (χ2n) is 6.22. The number of sulfonamides is 1. The highest BCUT2D eigenvalue weighted by Gasteiger charge is 2.30. The Hall–Kier alpha value is -0.130. The Morgan fingerprint density at radius 1 is 1.28 bits per heavy atom. The lowest BCUT2D eigenvalue weighted by Crippen LogP contribution is -2.45. The Labute approximate surface area is 111 Å². The number of hydrogen-bond donors (Lipinski definition) is 2. The van der Waals surface area contributed by atoms with E-state index in [9.17, 15) is 13.5 Å². The lowest BCUT2D eigenvalue weighted by Gasteiger charge is -2.28. The van der Waals surface area contributed by atoms with Crippen molar-refractivity contribution in [2.45, 2.75) is 70.1 Å². The summed E-state index contributed by atoms with van der Waals surface area (Å²) in [5.41, 5.74) is -0.962. The van der Waals surface area contributed by atoms with Gasteiger partial charge in [0.25, 0.3) is 0 Å². The maximum absolute atomic E-state index is 12.1. The second kappa shape index (κ2) is 6.35. The summed E-state index contributed by atoms with van der Waals surface area (Å²) in [5, 5.41) is 9.86. The zero-order valence-electron chi connectivity index (χ0n) is 11.8. The minimum absolute atomic E-state index is 0.115. The van der Waals surface area contributed by atoms with E-state index in [1.54, 1.807) is 6.92 Å². The van der Waals surface area contributed by atoms with Gasteiger partial charge in [-0.2, -0.15) is 0 Å². The van der Waals surface area contributed by atoms with E-state index in [2.05, 4.69) is 4.72 Å². The molecule has 0 amide bonds. The summed E-state index contributed by atoms with van der Waals surface area (Å²) < 4.78 is 26.8. The van der Waals surface area contributed by atoms with Gasteiger partial charge in [0, 0.05) is 6.54 Å². The molecule has 1 fully saturated rings. The van der Waals surface area contributed by atoms with Crippen molar-refractivity contribution in [1.29, 1.82) is 0 Å². The maximum Gasteiger partial charge on any atom is 0.214 e. The predicted molar refractivity (Wildman–Crippen MR) is 73.9 cm³/mol. The smallest absolute Gasteiger partial charge is 0.214 e. The lowest BCUT2D eigenvalue weighted by atomic mass is 9.95. The molecule has 4 nitrogen and oxygen atoms in total. The molecule has 0 spiro atoms. The van der Waals surface area contributed by atoms with Crippen LogP contribution in [0.4, 0.5) is 0 Å². The molecule has 0 aromatic carbocycles. The van der Waals surface area contributed by atoms with E-state index >= 15 is 0 Å². The Morgan fingerprint density at radius 2 is 1.83 bits per heavy atom. The largest absolute Gasteiger partial charge is 0.389 e. The molecular weight excluding hydrogens is 250 g/mol. The normalized spacial score (nSPS) is 22.1. The molecule has 18 heavy (non-hydrogen) atoms. The highest BCUT2D eigenvalue weighted by molar-refractivity contribution is 7.90. The van der Waals surface area contributed by atoms with Crippen LogP contribution in [0.15, 0.2) is 0 Å². The SMILES string of the molecule is CC(C)CC(C)(O)CNS(=O)(=O)C1CCCCC1. The molecule has 108 valence electrons. The molecule has 0 saturated heterocycles. The van der Waals surface area contributed by atoms with Crippen LogP contribution < -0.4 is 4.72 Å². The van der Waals surface area contributed by atoms with E-state index in [1.807, 2.05) is 13.8 Å². The Bertz CT molecular complexity index is 343. The molecule has 0 aliphatic heterocycles. The average molecular weight is 277 g/mol. The molecule has 2 N–H and O–H groups in total. The van der Waals surface area contributed by atoms with Crippen LogP contribution in [0.25, 0.3) is 0 Å². The summed E-state index contributed by atoms with van der Waals surface area (Å²) >= 11 is 0. The maximum atomic E-state index is 12.1. The van der Waals surface area contributed by atoms with Gasteiger partial charge in [0.2, 0.25) is 10.0 Å². The molecule has 5 heteroatoms. The average Bonchev–Trinajstić information content (AvgIpc) is 2.26. The van der Waals surface area contributed by atoms with Crippen LogP contribution in [0.2, 0.25) is 0 Å². The number of aliphatic hydroxyl groups is 1. The Morgan fingerprint density at radius 3 is 2.33 bits per heavy atom. The van der Waals surface area contributed by atoms with Crippen molar-refractivity contribution in [2.24, 2.45) is 5.92 Å². The van der Waals surface area contributed by atoms with Gasteiger partial charge in [0.05, 0.1) is 10.9 Å². The molecule has 1 unspecified atom stereocenters. The summed E-state index contributed by atoms with van der Waals surface area (Å²) in [6, 6.07) is 0. The first kappa shape index (κ1) is 15.9. The first-order valence-electron chi connectivity index (χ1n) is 6.94. The minimum Gasteiger partial charge on any atom is -0.389 e. The standard InChI is InChI=1S/C13H27NO3S/c1-11(2)9-13(3,15)10-14-18(16,17)12-7-5-4-6-8-12/h11-12,14-15H,4-10H2,1-3H3. The zero-order chi connectivity index (χ0) is 13.8. The molecule has 1 aliphatic carbocycles. The van der Waals surface area contributed by atoms with Crippen molar-refractivity contribution in [1.82, 2.24) is 4.72 Å². The van der Waals surface area contributed by atoms with Gasteiger partial charge < -0.3 is 5.11 Å². The van der Waals surface area contributed by atoms with Crippen molar-refractivity contribution in [3.8, 4) is 0 Å². The Kier molecular flexibility index (Phi) is 5.62. The van der Waals surface area contributed by atoms with Gasteiger partial charge in [-0.15, -0.1) is 0 Å². The summed E-state index contributed by atoms with van der Waals surface area (Å²) in [6.07, 6.45) is 5.22.